The second-order valence-electron chi connectivity index (χ2n) is 2.97. The van der Waals surface area contributed by atoms with Gasteiger partial charge in [-0.25, -0.2) is 9.78 Å². The molecule has 0 bridgehead atoms. The lowest BCUT2D eigenvalue weighted by atomic mass is 10.2. The van der Waals surface area contributed by atoms with E-state index in [4.69, 9.17) is 16.3 Å². The Bertz CT molecular complexity index is 414. The van der Waals surface area contributed by atoms with Gasteiger partial charge in [-0.2, -0.15) is 0 Å². The van der Waals surface area contributed by atoms with Gasteiger partial charge in [0, 0.05) is 11.1 Å². The van der Waals surface area contributed by atoms with Crippen LogP contribution in [-0.2, 0) is 9.53 Å². The molecule has 0 amide bonds. The molecule has 1 aromatic rings. The van der Waals surface area contributed by atoms with E-state index in [1.54, 1.807) is 19.2 Å². The maximum Gasteiger partial charge on any atom is 0.344 e. The Balaban J connectivity index is 3.12. The number of alkyl halides is 1. The monoisotopic (exact) mass is 261 g/mol. The standard InChI is InChI=1S/C10H12ClNO3S/c1-3-15-10(14)8(7(13)4-11)9-12-6(2)5-16-9/h5,13H,3-4H2,1-2H3/b8-7+. The molecular weight excluding hydrogens is 250 g/mol. The molecule has 1 aromatic heterocycles. The molecule has 1 heterocycles. The van der Waals surface area contributed by atoms with Gasteiger partial charge in [-0.05, 0) is 13.8 Å². The van der Waals surface area contributed by atoms with Crippen molar-refractivity contribution in [1.82, 2.24) is 4.98 Å². The number of hydrogen-bond donors (Lipinski definition) is 1. The van der Waals surface area contributed by atoms with E-state index in [-0.39, 0.29) is 23.8 Å². The van der Waals surface area contributed by atoms with Crippen LogP contribution in [0.3, 0.4) is 0 Å². The molecule has 0 aliphatic heterocycles. The van der Waals surface area contributed by atoms with Gasteiger partial charge in [0.1, 0.15) is 16.3 Å². The molecular formula is C10H12ClNO3S. The average molecular weight is 262 g/mol. The predicted octanol–water partition coefficient (Wildman–Crippen LogP) is 2.52. The van der Waals surface area contributed by atoms with E-state index in [1.807, 2.05) is 0 Å². The molecule has 0 unspecified atom stereocenters. The number of carbonyl (C=O) groups is 1. The molecule has 0 saturated heterocycles. The highest BCUT2D eigenvalue weighted by Crippen LogP contribution is 2.23. The lowest BCUT2D eigenvalue weighted by Crippen LogP contribution is -2.10. The van der Waals surface area contributed by atoms with E-state index in [9.17, 15) is 9.90 Å². The Labute approximate surface area is 103 Å². The second kappa shape index (κ2) is 5.86. The van der Waals surface area contributed by atoms with Crippen LogP contribution in [0.25, 0.3) is 5.57 Å². The van der Waals surface area contributed by atoms with Gasteiger partial charge in [-0.3, -0.25) is 0 Å². The summed E-state index contributed by atoms with van der Waals surface area (Å²) in [5.74, 6) is -0.961. The van der Waals surface area contributed by atoms with Crippen LogP contribution in [0.4, 0.5) is 0 Å². The summed E-state index contributed by atoms with van der Waals surface area (Å²) in [6.07, 6.45) is 0. The number of ether oxygens (including phenoxy) is 1. The predicted molar refractivity (Wildman–Crippen MR) is 63.8 cm³/mol. The van der Waals surface area contributed by atoms with Crippen molar-refractivity contribution in [3.05, 3.63) is 21.8 Å². The first-order valence-corrected chi connectivity index (χ1v) is 6.09. The maximum absolute atomic E-state index is 11.6. The molecule has 0 aliphatic rings. The van der Waals surface area contributed by atoms with E-state index in [0.29, 0.717) is 5.01 Å². The minimum absolute atomic E-state index is 0.0509. The first-order chi connectivity index (χ1) is 7.60. The van der Waals surface area contributed by atoms with Crippen molar-refractivity contribution in [1.29, 1.82) is 0 Å². The number of aryl methyl sites for hydroxylation is 1. The first kappa shape index (κ1) is 13.0. The minimum atomic E-state index is -0.602. The van der Waals surface area contributed by atoms with Gasteiger partial charge in [-0.15, -0.1) is 22.9 Å². The third-order valence-corrected chi connectivity index (χ3v) is 2.96. The Kier molecular flexibility index (Phi) is 4.76. The average Bonchev–Trinajstić information content (AvgIpc) is 2.65. The number of hydrogen-bond acceptors (Lipinski definition) is 5. The molecule has 1 N–H and O–H groups in total. The second-order valence-corrected chi connectivity index (χ2v) is 4.10. The Morgan fingerprint density at radius 2 is 2.38 bits per heavy atom. The van der Waals surface area contributed by atoms with Crippen LogP contribution in [0.5, 0.6) is 0 Å². The molecule has 0 radical (unpaired) electrons. The summed E-state index contributed by atoms with van der Waals surface area (Å²) in [6.45, 7) is 3.74. The highest BCUT2D eigenvalue weighted by molar-refractivity contribution is 7.11. The summed E-state index contributed by atoms with van der Waals surface area (Å²) in [6, 6.07) is 0. The molecule has 0 spiro atoms. The summed E-state index contributed by atoms with van der Waals surface area (Å²) < 4.78 is 4.84. The molecule has 4 nitrogen and oxygen atoms in total. The zero-order valence-electron chi connectivity index (χ0n) is 8.99. The van der Waals surface area contributed by atoms with Gasteiger partial charge in [0.05, 0.1) is 12.5 Å². The number of aliphatic hydroxyl groups excluding tert-OH is 1. The van der Waals surface area contributed by atoms with Gasteiger partial charge in [0.15, 0.2) is 0 Å². The highest BCUT2D eigenvalue weighted by Gasteiger charge is 2.21. The molecule has 0 aliphatic carbocycles. The zero-order chi connectivity index (χ0) is 12.1. The summed E-state index contributed by atoms with van der Waals surface area (Å²) >= 11 is 6.78. The molecule has 88 valence electrons. The van der Waals surface area contributed by atoms with Crippen molar-refractivity contribution in [2.24, 2.45) is 0 Å². The maximum atomic E-state index is 11.6. The summed E-state index contributed by atoms with van der Waals surface area (Å²) in [5.41, 5.74) is 0.833. The van der Waals surface area contributed by atoms with E-state index in [1.165, 1.54) is 11.3 Å². The van der Waals surface area contributed by atoms with Gasteiger partial charge in [-0.1, -0.05) is 0 Å². The van der Waals surface area contributed by atoms with Crippen LogP contribution in [-0.4, -0.2) is 28.5 Å². The van der Waals surface area contributed by atoms with E-state index in [2.05, 4.69) is 4.98 Å². The third kappa shape index (κ3) is 2.96. The van der Waals surface area contributed by atoms with Crippen molar-refractivity contribution in [2.45, 2.75) is 13.8 Å². The van der Waals surface area contributed by atoms with Gasteiger partial charge < -0.3 is 9.84 Å². The van der Waals surface area contributed by atoms with Crippen molar-refractivity contribution < 1.29 is 14.6 Å². The van der Waals surface area contributed by atoms with E-state index < -0.39 is 5.97 Å². The lowest BCUT2D eigenvalue weighted by molar-refractivity contribution is -0.136. The fourth-order valence-corrected chi connectivity index (χ4v) is 2.05. The molecule has 6 heteroatoms. The van der Waals surface area contributed by atoms with E-state index in [0.717, 1.165) is 5.69 Å². The molecule has 0 fully saturated rings. The van der Waals surface area contributed by atoms with Crippen molar-refractivity contribution in [2.75, 3.05) is 12.5 Å². The van der Waals surface area contributed by atoms with Crippen molar-refractivity contribution in [3.63, 3.8) is 0 Å². The van der Waals surface area contributed by atoms with Gasteiger partial charge in [0.2, 0.25) is 0 Å². The SMILES string of the molecule is CCOC(=O)/C(=C(/O)CCl)c1nc(C)cs1. The van der Waals surface area contributed by atoms with Crippen molar-refractivity contribution >= 4 is 34.5 Å². The number of esters is 1. The van der Waals surface area contributed by atoms with Crippen LogP contribution in [0.15, 0.2) is 11.1 Å². The van der Waals surface area contributed by atoms with Gasteiger partial charge >= 0.3 is 5.97 Å². The number of halogens is 1. The molecule has 16 heavy (non-hydrogen) atoms. The highest BCUT2D eigenvalue weighted by atomic mass is 35.5. The summed E-state index contributed by atoms with van der Waals surface area (Å²) in [4.78, 5) is 15.7. The smallest absolute Gasteiger partial charge is 0.344 e. The normalized spacial score (nSPS) is 12.2. The summed E-state index contributed by atoms with van der Waals surface area (Å²) in [7, 11) is 0. The molecule has 0 saturated carbocycles. The number of thiazole rings is 1. The zero-order valence-corrected chi connectivity index (χ0v) is 10.6. The summed E-state index contributed by atoms with van der Waals surface area (Å²) in [5, 5.41) is 11.8. The first-order valence-electron chi connectivity index (χ1n) is 4.67. The fourth-order valence-electron chi connectivity index (χ4n) is 1.07. The Morgan fingerprint density at radius 1 is 1.69 bits per heavy atom. The van der Waals surface area contributed by atoms with Crippen LogP contribution in [0, 0.1) is 6.92 Å². The number of allylic oxidation sites excluding steroid dienone is 1. The van der Waals surface area contributed by atoms with Crippen LogP contribution < -0.4 is 0 Å². The number of carbonyl (C=O) groups excluding carboxylic acids is 1. The Morgan fingerprint density at radius 3 is 2.81 bits per heavy atom. The van der Waals surface area contributed by atoms with Crippen LogP contribution in [0.1, 0.15) is 17.6 Å². The molecule has 0 aromatic carbocycles. The number of rotatable bonds is 4. The number of nitrogens with zero attached hydrogens (tertiary/aromatic N) is 1. The minimum Gasteiger partial charge on any atom is -0.510 e. The largest absolute Gasteiger partial charge is 0.510 e. The third-order valence-electron chi connectivity index (χ3n) is 1.73. The van der Waals surface area contributed by atoms with Crippen LogP contribution in [0.2, 0.25) is 0 Å². The van der Waals surface area contributed by atoms with Crippen molar-refractivity contribution in [3.8, 4) is 0 Å². The fraction of sp³-hybridized carbons (Fsp3) is 0.400. The quantitative estimate of drug-likeness (QED) is 0.392. The van der Waals surface area contributed by atoms with E-state index >= 15 is 0 Å². The molecule has 1 rings (SSSR count). The van der Waals surface area contributed by atoms with Crippen LogP contribution >= 0.6 is 22.9 Å². The lowest BCUT2D eigenvalue weighted by Gasteiger charge is -2.05. The number of aliphatic hydroxyl groups is 1. The Hall–Kier alpha value is -1.07. The number of aromatic nitrogens is 1. The van der Waals surface area contributed by atoms with Gasteiger partial charge in [0.25, 0.3) is 0 Å². The topological polar surface area (TPSA) is 59.4 Å². The molecule has 0 atom stereocenters.